The van der Waals surface area contributed by atoms with Gasteiger partial charge in [0.2, 0.25) is 0 Å². The Kier molecular flexibility index (Phi) is 9.36. The van der Waals surface area contributed by atoms with E-state index in [0.29, 0.717) is 24.2 Å². The zero-order valence-corrected chi connectivity index (χ0v) is 19.9. The molecule has 0 bridgehead atoms. The van der Waals surface area contributed by atoms with Crippen LogP contribution in [0.5, 0.6) is 5.75 Å². The molecule has 4 heteroatoms. The lowest BCUT2D eigenvalue weighted by Gasteiger charge is -2.21. The Hall–Kier alpha value is -2.59. The molecule has 32 heavy (non-hydrogen) atoms. The Labute approximate surface area is 192 Å². The van der Waals surface area contributed by atoms with Crippen molar-refractivity contribution < 1.29 is 13.9 Å². The third-order valence-corrected chi connectivity index (χ3v) is 5.88. The lowest BCUT2D eigenvalue weighted by atomic mass is 9.99. The maximum Gasteiger partial charge on any atom is 0.197 e. The van der Waals surface area contributed by atoms with E-state index in [0.717, 1.165) is 35.4 Å². The minimum absolute atomic E-state index is 0.000778. The molecular formula is C28H37NO3. The number of rotatable bonds is 14. The zero-order chi connectivity index (χ0) is 22.8. The summed E-state index contributed by atoms with van der Waals surface area (Å²) in [4.78, 5) is 15.8. The number of carbonyl (C=O) groups excluding carboxylic acids is 1. The predicted molar refractivity (Wildman–Crippen MR) is 132 cm³/mol. The summed E-state index contributed by atoms with van der Waals surface area (Å²) in [6.45, 7) is 10.6. The standard InChI is InChI=1S/C28H37NO3/c1-4-7-18-29(19-8-5-2)20-11-21-31-23-16-14-22(15-17-23)28(30)27-24-12-9-10-13-26(24)32-25(27)6-3/h9-10,12-17H,4-8,11,18-21H2,1-3H3. The largest absolute Gasteiger partial charge is 0.494 e. The van der Waals surface area contributed by atoms with Gasteiger partial charge in [0.05, 0.1) is 12.2 Å². The molecule has 0 radical (unpaired) electrons. The van der Waals surface area contributed by atoms with Crippen LogP contribution in [0.25, 0.3) is 11.0 Å². The fourth-order valence-corrected chi connectivity index (χ4v) is 4.02. The highest BCUT2D eigenvalue weighted by atomic mass is 16.5. The number of fused-ring (bicyclic) bond motifs is 1. The number of ether oxygens (including phenoxy) is 1. The van der Waals surface area contributed by atoms with E-state index in [4.69, 9.17) is 9.15 Å². The number of furan rings is 1. The fraction of sp³-hybridized carbons (Fsp3) is 0.464. The van der Waals surface area contributed by atoms with Crippen molar-refractivity contribution in [3.05, 3.63) is 65.4 Å². The number of benzene rings is 2. The smallest absolute Gasteiger partial charge is 0.197 e. The molecule has 3 aromatic rings. The second-order valence-electron chi connectivity index (χ2n) is 8.35. The van der Waals surface area contributed by atoms with Gasteiger partial charge in [0.15, 0.2) is 5.78 Å². The van der Waals surface area contributed by atoms with Gasteiger partial charge in [-0.3, -0.25) is 4.79 Å². The van der Waals surface area contributed by atoms with E-state index in [1.165, 1.54) is 38.8 Å². The van der Waals surface area contributed by atoms with E-state index < -0.39 is 0 Å². The molecule has 1 aromatic heterocycles. The summed E-state index contributed by atoms with van der Waals surface area (Å²) in [5, 5.41) is 0.880. The molecule has 1 heterocycles. The second kappa shape index (κ2) is 12.4. The van der Waals surface area contributed by atoms with Crippen LogP contribution in [0.15, 0.2) is 52.9 Å². The van der Waals surface area contributed by atoms with E-state index >= 15 is 0 Å². The average molecular weight is 436 g/mol. The minimum atomic E-state index is 0.000778. The van der Waals surface area contributed by atoms with Gasteiger partial charge >= 0.3 is 0 Å². The van der Waals surface area contributed by atoms with Crippen molar-refractivity contribution in [2.45, 2.75) is 59.3 Å². The lowest BCUT2D eigenvalue weighted by molar-refractivity contribution is 0.103. The molecule has 0 aliphatic carbocycles. The number of carbonyl (C=O) groups is 1. The van der Waals surface area contributed by atoms with E-state index in [9.17, 15) is 4.79 Å². The molecule has 4 nitrogen and oxygen atoms in total. The Morgan fingerprint density at radius 2 is 1.53 bits per heavy atom. The van der Waals surface area contributed by atoms with Crippen LogP contribution < -0.4 is 4.74 Å². The maximum absolute atomic E-state index is 13.2. The van der Waals surface area contributed by atoms with Crippen molar-refractivity contribution in [3.8, 4) is 5.75 Å². The summed E-state index contributed by atoms with van der Waals surface area (Å²) in [7, 11) is 0. The fourth-order valence-electron chi connectivity index (χ4n) is 4.02. The number of hydrogen-bond acceptors (Lipinski definition) is 4. The molecule has 0 amide bonds. The Balaban J connectivity index is 1.57. The summed E-state index contributed by atoms with van der Waals surface area (Å²) in [6, 6.07) is 15.2. The molecule has 0 fully saturated rings. The topological polar surface area (TPSA) is 42.7 Å². The van der Waals surface area contributed by atoms with Crippen molar-refractivity contribution in [1.29, 1.82) is 0 Å². The van der Waals surface area contributed by atoms with Crippen molar-refractivity contribution in [2.24, 2.45) is 0 Å². The lowest BCUT2D eigenvalue weighted by Crippen LogP contribution is -2.28. The molecule has 0 unspecified atom stereocenters. The summed E-state index contributed by atoms with van der Waals surface area (Å²) in [6.07, 6.45) is 6.67. The van der Waals surface area contributed by atoms with Crippen LogP contribution in [0.1, 0.15) is 74.6 Å². The van der Waals surface area contributed by atoms with Gasteiger partial charge in [0.1, 0.15) is 17.1 Å². The van der Waals surface area contributed by atoms with Crippen LogP contribution in [0.3, 0.4) is 0 Å². The molecule has 0 N–H and O–H groups in total. The minimum Gasteiger partial charge on any atom is -0.494 e. The normalized spacial score (nSPS) is 11.4. The highest BCUT2D eigenvalue weighted by Crippen LogP contribution is 2.29. The molecule has 3 rings (SSSR count). The quantitative estimate of drug-likeness (QED) is 0.204. The summed E-state index contributed by atoms with van der Waals surface area (Å²) >= 11 is 0. The number of unbranched alkanes of at least 4 members (excludes halogenated alkanes) is 2. The molecule has 0 saturated carbocycles. The van der Waals surface area contributed by atoms with Crippen LogP contribution in [0.2, 0.25) is 0 Å². The van der Waals surface area contributed by atoms with Gasteiger partial charge in [0.25, 0.3) is 0 Å². The van der Waals surface area contributed by atoms with E-state index in [-0.39, 0.29) is 5.78 Å². The predicted octanol–water partition coefficient (Wildman–Crippen LogP) is 6.90. The van der Waals surface area contributed by atoms with Crippen molar-refractivity contribution in [3.63, 3.8) is 0 Å². The summed E-state index contributed by atoms with van der Waals surface area (Å²) in [5.41, 5.74) is 2.10. The molecular weight excluding hydrogens is 398 g/mol. The Morgan fingerprint density at radius 3 is 2.19 bits per heavy atom. The Morgan fingerprint density at radius 1 is 0.875 bits per heavy atom. The van der Waals surface area contributed by atoms with E-state index in [2.05, 4.69) is 18.7 Å². The van der Waals surface area contributed by atoms with Crippen LogP contribution in [0.4, 0.5) is 0 Å². The number of para-hydroxylation sites is 1. The second-order valence-corrected chi connectivity index (χ2v) is 8.35. The first-order valence-electron chi connectivity index (χ1n) is 12.2. The van der Waals surface area contributed by atoms with E-state index in [1.54, 1.807) is 0 Å². The van der Waals surface area contributed by atoms with Gasteiger partial charge in [-0.05, 0) is 62.7 Å². The van der Waals surface area contributed by atoms with Gasteiger partial charge in [-0.15, -0.1) is 0 Å². The molecule has 2 aromatic carbocycles. The first kappa shape index (κ1) is 24.1. The van der Waals surface area contributed by atoms with E-state index in [1.807, 2.05) is 55.5 Å². The van der Waals surface area contributed by atoms with Gasteiger partial charge in [-0.25, -0.2) is 0 Å². The molecule has 172 valence electrons. The third-order valence-electron chi connectivity index (χ3n) is 5.88. The third kappa shape index (κ3) is 6.23. The van der Waals surface area contributed by atoms with Crippen molar-refractivity contribution in [1.82, 2.24) is 4.90 Å². The SMILES string of the molecule is CCCCN(CCCC)CCCOc1ccc(C(=O)c2c(CC)oc3ccccc23)cc1. The Bertz CT molecular complexity index is 966. The maximum atomic E-state index is 13.2. The summed E-state index contributed by atoms with van der Waals surface area (Å²) in [5.74, 6) is 1.55. The molecule has 0 spiro atoms. The van der Waals surface area contributed by atoms with Gasteiger partial charge in [-0.2, -0.15) is 0 Å². The highest BCUT2D eigenvalue weighted by Gasteiger charge is 2.20. The molecule has 0 saturated heterocycles. The van der Waals surface area contributed by atoms with Crippen LogP contribution >= 0.6 is 0 Å². The first-order chi connectivity index (χ1) is 15.7. The molecule has 0 aliphatic rings. The summed E-state index contributed by atoms with van der Waals surface area (Å²) < 4.78 is 11.8. The highest BCUT2D eigenvalue weighted by molar-refractivity contribution is 6.16. The van der Waals surface area contributed by atoms with Crippen LogP contribution in [-0.4, -0.2) is 36.9 Å². The molecule has 0 aliphatic heterocycles. The van der Waals surface area contributed by atoms with Crippen LogP contribution in [0, 0.1) is 0 Å². The molecule has 0 atom stereocenters. The van der Waals surface area contributed by atoms with Gasteiger partial charge in [0, 0.05) is 23.9 Å². The van der Waals surface area contributed by atoms with Gasteiger partial charge < -0.3 is 14.1 Å². The first-order valence-corrected chi connectivity index (χ1v) is 12.2. The zero-order valence-electron chi connectivity index (χ0n) is 19.9. The van der Waals surface area contributed by atoms with Crippen molar-refractivity contribution >= 4 is 16.8 Å². The van der Waals surface area contributed by atoms with Crippen LogP contribution in [-0.2, 0) is 6.42 Å². The monoisotopic (exact) mass is 435 g/mol. The van der Waals surface area contributed by atoms with Crippen molar-refractivity contribution in [2.75, 3.05) is 26.2 Å². The number of hydrogen-bond donors (Lipinski definition) is 0. The average Bonchev–Trinajstić information content (AvgIpc) is 3.21. The number of aryl methyl sites for hydroxylation is 1. The van der Waals surface area contributed by atoms with Gasteiger partial charge in [-0.1, -0.05) is 51.8 Å². The number of nitrogens with zero attached hydrogens (tertiary/aromatic N) is 1. The number of ketones is 1.